The Morgan fingerprint density at radius 2 is 1.68 bits per heavy atom. The standard InChI is InChI=1S/C21H29N3O/c1-6-24(7-2)20(17-11-9-8-10-12-17)21(25)22-18-13-14-19(23(4)5)16(3)15-18/h8-15,20H,6-7H2,1-5H3,(H,22,25). The molecule has 2 rings (SSSR count). The summed E-state index contributed by atoms with van der Waals surface area (Å²) in [6.07, 6.45) is 0. The van der Waals surface area contributed by atoms with Gasteiger partial charge in [0.15, 0.2) is 0 Å². The Morgan fingerprint density at radius 1 is 1.04 bits per heavy atom. The van der Waals surface area contributed by atoms with Crippen molar-refractivity contribution in [2.45, 2.75) is 26.8 Å². The first kappa shape index (κ1) is 19.0. The molecule has 0 saturated carbocycles. The van der Waals surface area contributed by atoms with Crippen LogP contribution in [0, 0.1) is 6.92 Å². The maximum atomic E-state index is 13.0. The first-order valence-electron chi connectivity index (χ1n) is 8.85. The molecule has 0 fully saturated rings. The Balaban J connectivity index is 2.27. The van der Waals surface area contributed by atoms with Crippen LogP contribution in [0.5, 0.6) is 0 Å². The minimum absolute atomic E-state index is 0.00639. The van der Waals surface area contributed by atoms with Gasteiger partial charge < -0.3 is 10.2 Å². The fraction of sp³-hybridized carbons (Fsp3) is 0.381. The summed E-state index contributed by atoms with van der Waals surface area (Å²) in [6, 6.07) is 15.7. The summed E-state index contributed by atoms with van der Waals surface area (Å²) >= 11 is 0. The first-order valence-corrected chi connectivity index (χ1v) is 8.85. The van der Waals surface area contributed by atoms with Gasteiger partial charge in [-0.15, -0.1) is 0 Å². The van der Waals surface area contributed by atoms with Gasteiger partial charge in [-0.2, -0.15) is 0 Å². The van der Waals surface area contributed by atoms with E-state index in [1.54, 1.807) is 0 Å². The number of amides is 1. The van der Waals surface area contributed by atoms with Crippen LogP contribution in [0.15, 0.2) is 48.5 Å². The summed E-state index contributed by atoms with van der Waals surface area (Å²) in [5.41, 5.74) is 4.15. The maximum Gasteiger partial charge on any atom is 0.246 e. The molecule has 2 aromatic rings. The minimum atomic E-state index is -0.287. The number of likely N-dealkylation sites (N-methyl/N-ethyl adjacent to an activating group) is 1. The molecule has 25 heavy (non-hydrogen) atoms. The Bertz CT molecular complexity index is 694. The number of rotatable bonds is 7. The molecule has 0 aliphatic heterocycles. The lowest BCUT2D eigenvalue weighted by Gasteiger charge is -2.29. The zero-order chi connectivity index (χ0) is 18.4. The van der Waals surface area contributed by atoms with Gasteiger partial charge in [0, 0.05) is 25.5 Å². The van der Waals surface area contributed by atoms with Gasteiger partial charge in [0.2, 0.25) is 5.91 Å². The van der Waals surface area contributed by atoms with Gasteiger partial charge in [0.25, 0.3) is 0 Å². The second-order valence-corrected chi connectivity index (χ2v) is 6.42. The quantitative estimate of drug-likeness (QED) is 0.825. The van der Waals surface area contributed by atoms with E-state index < -0.39 is 0 Å². The number of aryl methyl sites for hydroxylation is 1. The molecule has 0 spiro atoms. The molecular weight excluding hydrogens is 310 g/mol. The predicted molar refractivity (Wildman–Crippen MR) is 106 cm³/mol. The normalized spacial score (nSPS) is 12.1. The van der Waals surface area contributed by atoms with Crippen molar-refractivity contribution in [3.8, 4) is 0 Å². The number of carbonyl (C=O) groups excluding carboxylic acids is 1. The van der Waals surface area contributed by atoms with Crippen molar-refractivity contribution in [1.82, 2.24) is 4.90 Å². The average Bonchev–Trinajstić information content (AvgIpc) is 2.59. The van der Waals surface area contributed by atoms with Crippen molar-refractivity contribution in [3.63, 3.8) is 0 Å². The Kier molecular flexibility index (Phi) is 6.59. The van der Waals surface area contributed by atoms with Gasteiger partial charge >= 0.3 is 0 Å². The molecule has 0 heterocycles. The highest BCUT2D eigenvalue weighted by Gasteiger charge is 2.25. The average molecular weight is 339 g/mol. The minimum Gasteiger partial charge on any atom is -0.377 e. The first-order chi connectivity index (χ1) is 12.0. The number of carbonyl (C=O) groups is 1. The van der Waals surface area contributed by atoms with Crippen LogP contribution < -0.4 is 10.2 Å². The molecule has 0 aliphatic carbocycles. The molecule has 0 saturated heterocycles. The molecule has 0 bridgehead atoms. The van der Waals surface area contributed by atoms with Crippen LogP contribution in [-0.2, 0) is 4.79 Å². The summed E-state index contributed by atoms with van der Waals surface area (Å²) in [5.74, 6) is 0.00639. The highest BCUT2D eigenvalue weighted by molar-refractivity contribution is 5.95. The SMILES string of the molecule is CCN(CC)C(C(=O)Nc1ccc(N(C)C)c(C)c1)c1ccccc1. The second kappa shape index (κ2) is 8.67. The van der Waals surface area contributed by atoms with E-state index in [4.69, 9.17) is 0 Å². The van der Waals surface area contributed by atoms with Crippen molar-refractivity contribution in [3.05, 3.63) is 59.7 Å². The molecule has 0 aliphatic rings. The van der Waals surface area contributed by atoms with Crippen LogP contribution in [-0.4, -0.2) is 38.0 Å². The van der Waals surface area contributed by atoms with Crippen molar-refractivity contribution in [2.24, 2.45) is 0 Å². The van der Waals surface area contributed by atoms with Gasteiger partial charge in [-0.05, 0) is 49.3 Å². The van der Waals surface area contributed by atoms with Crippen LogP contribution in [0.1, 0.15) is 31.0 Å². The highest BCUT2D eigenvalue weighted by Crippen LogP contribution is 2.25. The Labute approximate surface area is 151 Å². The number of nitrogens with one attached hydrogen (secondary N) is 1. The van der Waals surface area contributed by atoms with Gasteiger partial charge in [0.05, 0.1) is 0 Å². The molecule has 1 atom stereocenters. The van der Waals surface area contributed by atoms with Gasteiger partial charge in [0.1, 0.15) is 6.04 Å². The van der Waals surface area contributed by atoms with Crippen LogP contribution >= 0.6 is 0 Å². The number of nitrogens with zero attached hydrogens (tertiary/aromatic N) is 2. The molecule has 134 valence electrons. The number of anilines is 2. The second-order valence-electron chi connectivity index (χ2n) is 6.42. The smallest absolute Gasteiger partial charge is 0.246 e. The molecule has 4 nitrogen and oxygen atoms in total. The topological polar surface area (TPSA) is 35.6 Å². The van der Waals surface area contributed by atoms with Crippen molar-refractivity contribution in [1.29, 1.82) is 0 Å². The van der Waals surface area contributed by atoms with Crippen LogP contribution in [0.4, 0.5) is 11.4 Å². The summed E-state index contributed by atoms with van der Waals surface area (Å²) in [6.45, 7) is 7.87. The van der Waals surface area contributed by atoms with Crippen molar-refractivity contribution >= 4 is 17.3 Å². The third-order valence-electron chi connectivity index (χ3n) is 4.49. The lowest BCUT2D eigenvalue weighted by atomic mass is 10.0. The van der Waals surface area contributed by atoms with E-state index >= 15 is 0 Å². The molecule has 0 radical (unpaired) electrons. The van der Waals surface area contributed by atoms with E-state index in [0.717, 1.165) is 35.6 Å². The van der Waals surface area contributed by atoms with Crippen molar-refractivity contribution in [2.75, 3.05) is 37.4 Å². The van der Waals surface area contributed by atoms with Crippen LogP contribution in [0.2, 0.25) is 0 Å². The highest BCUT2D eigenvalue weighted by atomic mass is 16.2. The van der Waals surface area contributed by atoms with Gasteiger partial charge in [-0.1, -0.05) is 44.2 Å². The molecule has 4 heteroatoms. The third-order valence-corrected chi connectivity index (χ3v) is 4.49. The number of benzene rings is 2. The summed E-state index contributed by atoms with van der Waals surface area (Å²) in [7, 11) is 4.04. The molecule has 2 aromatic carbocycles. The van der Waals surface area contributed by atoms with E-state index in [1.807, 2.05) is 62.6 Å². The van der Waals surface area contributed by atoms with E-state index in [-0.39, 0.29) is 11.9 Å². The van der Waals surface area contributed by atoms with E-state index in [9.17, 15) is 4.79 Å². The van der Waals surface area contributed by atoms with Crippen LogP contribution in [0.3, 0.4) is 0 Å². The number of hydrogen-bond donors (Lipinski definition) is 1. The largest absolute Gasteiger partial charge is 0.377 e. The third kappa shape index (κ3) is 4.60. The van der Waals surface area contributed by atoms with Crippen LogP contribution in [0.25, 0.3) is 0 Å². The molecule has 1 N–H and O–H groups in total. The Hall–Kier alpha value is -2.33. The summed E-state index contributed by atoms with van der Waals surface area (Å²) < 4.78 is 0. The van der Waals surface area contributed by atoms with E-state index in [2.05, 4.69) is 35.9 Å². The lowest BCUT2D eigenvalue weighted by molar-refractivity contribution is -0.121. The van der Waals surface area contributed by atoms with E-state index in [0.29, 0.717) is 0 Å². The van der Waals surface area contributed by atoms with Gasteiger partial charge in [-0.25, -0.2) is 0 Å². The maximum absolute atomic E-state index is 13.0. The summed E-state index contributed by atoms with van der Waals surface area (Å²) in [5, 5.41) is 3.10. The monoisotopic (exact) mass is 339 g/mol. The van der Waals surface area contributed by atoms with E-state index in [1.165, 1.54) is 0 Å². The predicted octanol–water partition coefficient (Wildman–Crippen LogP) is 4.08. The molecule has 1 unspecified atom stereocenters. The van der Waals surface area contributed by atoms with Gasteiger partial charge in [-0.3, -0.25) is 9.69 Å². The van der Waals surface area contributed by atoms with Crippen molar-refractivity contribution < 1.29 is 4.79 Å². The molecule has 0 aromatic heterocycles. The molecular formula is C21H29N3O. The number of hydrogen-bond acceptors (Lipinski definition) is 3. The summed E-state index contributed by atoms with van der Waals surface area (Å²) in [4.78, 5) is 17.3. The zero-order valence-electron chi connectivity index (χ0n) is 15.9. The fourth-order valence-electron chi connectivity index (χ4n) is 3.20. The Morgan fingerprint density at radius 3 is 2.20 bits per heavy atom. The lowest BCUT2D eigenvalue weighted by Crippen LogP contribution is -2.37. The fourth-order valence-corrected chi connectivity index (χ4v) is 3.20. The zero-order valence-corrected chi connectivity index (χ0v) is 15.9. The molecule has 1 amide bonds.